The minimum Gasteiger partial charge on any atom is -0.395 e. The number of aliphatic hydroxyl groups excluding tert-OH is 1. The molecule has 2 N–H and O–H groups in total. The molecule has 0 amide bonds. The van der Waals surface area contributed by atoms with Gasteiger partial charge in [0.15, 0.2) is 0 Å². The summed E-state index contributed by atoms with van der Waals surface area (Å²) in [4.78, 5) is 0.261. The zero-order chi connectivity index (χ0) is 14.6. The second-order valence-electron chi connectivity index (χ2n) is 5.61. The van der Waals surface area contributed by atoms with Crippen LogP contribution < -0.4 is 4.72 Å². The van der Waals surface area contributed by atoms with Crippen molar-refractivity contribution in [2.24, 2.45) is 0 Å². The van der Waals surface area contributed by atoms with E-state index in [1.54, 1.807) is 19.1 Å². The number of sulfonamides is 1. The highest BCUT2D eigenvalue weighted by molar-refractivity contribution is 7.89. The van der Waals surface area contributed by atoms with Crippen molar-refractivity contribution < 1.29 is 13.5 Å². The molecule has 0 bridgehead atoms. The summed E-state index contributed by atoms with van der Waals surface area (Å²) in [6.45, 7) is 1.42. The molecule has 20 heavy (non-hydrogen) atoms. The Hall–Kier alpha value is -0.910. The Morgan fingerprint density at radius 2 is 1.80 bits per heavy atom. The Morgan fingerprint density at radius 1 is 1.20 bits per heavy atom. The van der Waals surface area contributed by atoms with E-state index in [-0.39, 0.29) is 11.5 Å². The standard InChI is InChI=1S/C15H23NO3S/c1-12(11-17)16-20(18,19)15-9-7-14(8-10-15)13-5-3-2-4-6-13/h7-10,12-13,16-17H,2-6,11H2,1H3/t12-/m1/s1. The van der Waals surface area contributed by atoms with Crippen molar-refractivity contribution in [2.75, 3.05) is 6.61 Å². The normalized spacial score (nSPS) is 18.9. The maximum absolute atomic E-state index is 12.1. The predicted molar refractivity (Wildman–Crippen MR) is 79.1 cm³/mol. The molecule has 0 spiro atoms. The third-order valence-electron chi connectivity index (χ3n) is 3.90. The first-order chi connectivity index (χ1) is 9.53. The molecule has 0 aliphatic heterocycles. The smallest absolute Gasteiger partial charge is 0.240 e. The second kappa shape index (κ2) is 6.70. The van der Waals surface area contributed by atoms with Gasteiger partial charge in [-0.05, 0) is 43.4 Å². The largest absolute Gasteiger partial charge is 0.395 e. The van der Waals surface area contributed by atoms with E-state index in [0.717, 1.165) is 0 Å². The summed E-state index contributed by atoms with van der Waals surface area (Å²) in [7, 11) is -3.53. The summed E-state index contributed by atoms with van der Waals surface area (Å²) in [5, 5.41) is 8.93. The van der Waals surface area contributed by atoms with Gasteiger partial charge in [0, 0.05) is 6.04 Å². The summed E-state index contributed by atoms with van der Waals surface area (Å²) >= 11 is 0. The molecule has 0 saturated heterocycles. The molecule has 1 aromatic carbocycles. The maximum atomic E-state index is 12.1. The molecule has 0 radical (unpaired) electrons. The van der Waals surface area contributed by atoms with E-state index >= 15 is 0 Å². The number of hydrogen-bond acceptors (Lipinski definition) is 3. The lowest BCUT2D eigenvalue weighted by molar-refractivity contribution is 0.265. The van der Waals surface area contributed by atoms with E-state index in [1.165, 1.54) is 37.7 Å². The molecular weight excluding hydrogens is 274 g/mol. The van der Waals surface area contributed by atoms with Crippen LogP contribution >= 0.6 is 0 Å². The first-order valence-corrected chi connectivity index (χ1v) is 8.74. The zero-order valence-corrected chi connectivity index (χ0v) is 12.7. The number of benzene rings is 1. The van der Waals surface area contributed by atoms with Gasteiger partial charge in [-0.1, -0.05) is 31.4 Å². The first kappa shape index (κ1) is 15.5. The minimum absolute atomic E-state index is 0.209. The Labute approximate surface area is 121 Å². The summed E-state index contributed by atoms with van der Waals surface area (Å²) in [6, 6.07) is 6.70. The molecule has 1 aliphatic rings. The molecular formula is C15H23NO3S. The van der Waals surface area contributed by atoms with Gasteiger partial charge in [0.25, 0.3) is 0 Å². The first-order valence-electron chi connectivity index (χ1n) is 7.26. The average molecular weight is 297 g/mol. The van der Waals surface area contributed by atoms with E-state index in [2.05, 4.69) is 4.72 Å². The summed E-state index contributed by atoms with van der Waals surface area (Å²) in [6.07, 6.45) is 6.24. The van der Waals surface area contributed by atoms with Gasteiger partial charge >= 0.3 is 0 Å². The molecule has 1 atom stereocenters. The summed E-state index contributed by atoms with van der Waals surface area (Å²) in [5.74, 6) is 0.574. The number of nitrogens with one attached hydrogen (secondary N) is 1. The molecule has 112 valence electrons. The van der Waals surface area contributed by atoms with Crippen LogP contribution in [0.15, 0.2) is 29.2 Å². The maximum Gasteiger partial charge on any atom is 0.240 e. The van der Waals surface area contributed by atoms with Crippen molar-refractivity contribution in [3.05, 3.63) is 29.8 Å². The fraction of sp³-hybridized carbons (Fsp3) is 0.600. The van der Waals surface area contributed by atoms with Gasteiger partial charge in [-0.15, -0.1) is 0 Å². The molecule has 2 rings (SSSR count). The van der Waals surface area contributed by atoms with Gasteiger partial charge < -0.3 is 5.11 Å². The van der Waals surface area contributed by atoms with Crippen LogP contribution in [0.1, 0.15) is 50.5 Å². The van der Waals surface area contributed by atoms with Gasteiger partial charge in [-0.25, -0.2) is 13.1 Å². The highest BCUT2D eigenvalue weighted by Gasteiger charge is 2.19. The number of rotatable bonds is 5. The molecule has 4 nitrogen and oxygen atoms in total. The van der Waals surface area contributed by atoms with Crippen LogP contribution in [-0.2, 0) is 10.0 Å². The molecule has 1 aromatic rings. The molecule has 0 heterocycles. The van der Waals surface area contributed by atoms with Gasteiger partial charge in [-0.2, -0.15) is 0 Å². The van der Waals surface area contributed by atoms with E-state index in [4.69, 9.17) is 5.11 Å². The van der Waals surface area contributed by atoms with Gasteiger partial charge in [0.2, 0.25) is 10.0 Å². The lowest BCUT2D eigenvalue weighted by Gasteiger charge is -2.22. The molecule has 1 fully saturated rings. The fourth-order valence-corrected chi connectivity index (χ4v) is 3.96. The van der Waals surface area contributed by atoms with Crippen LogP contribution in [0.4, 0.5) is 0 Å². The summed E-state index contributed by atoms with van der Waals surface area (Å²) < 4.78 is 26.6. The van der Waals surface area contributed by atoms with Gasteiger partial charge in [0.05, 0.1) is 11.5 Å². The zero-order valence-electron chi connectivity index (χ0n) is 11.9. The van der Waals surface area contributed by atoms with Crippen molar-refractivity contribution in [3.63, 3.8) is 0 Å². The van der Waals surface area contributed by atoms with Crippen molar-refractivity contribution in [1.29, 1.82) is 0 Å². The van der Waals surface area contributed by atoms with E-state index < -0.39 is 16.1 Å². The van der Waals surface area contributed by atoms with Crippen molar-refractivity contribution in [3.8, 4) is 0 Å². The van der Waals surface area contributed by atoms with Crippen LogP contribution in [-0.4, -0.2) is 26.2 Å². The minimum atomic E-state index is -3.53. The van der Waals surface area contributed by atoms with E-state index in [1.807, 2.05) is 12.1 Å². The molecule has 1 saturated carbocycles. The summed E-state index contributed by atoms with van der Waals surface area (Å²) in [5.41, 5.74) is 1.24. The highest BCUT2D eigenvalue weighted by Crippen LogP contribution is 2.32. The fourth-order valence-electron chi connectivity index (χ4n) is 2.73. The SMILES string of the molecule is C[C@H](CO)NS(=O)(=O)c1ccc(C2CCCCC2)cc1. The molecule has 1 aliphatic carbocycles. The van der Waals surface area contributed by atoms with Crippen LogP contribution in [0.5, 0.6) is 0 Å². The number of aliphatic hydroxyl groups is 1. The van der Waals surface area contributed by atoms with Crippen LogP contribution in [0.3, 0.4) is 0 Å². The van der Waals surface area contributed by atoms with Gasteiger partial charge in [-0.3, -0.25) is 0 Å². The van der Waals surface area contributed by atoms with Crippen molar-refractivity contribution >= 4 is 10.0 Å². The number of hydrogen-bond donors (Lipinski definition) is 2. The third-order valence-corrected chi connectivity index (χ3v) is 5.50. The third kappa shape index (κ3) is 3.81. The monoisotopic (exact) mass is 297 g/mol. The Morgan fingerprint density at radius 3 is 2.35 bits per heavy atom. The van der Waals surface area contributed by atoms with Crippen molar-refractivity contribution in [1.82, 2.24) is 4.72 Å². The average Bonchev–Trinajstić information content (AvgIpc) is 2.48. The molecule has 0 aromatic heterocycles. The Balaban J connectivity index is 2.11. The van der Waals surface area contributed by atoms with E-state index in [9.17, 15) is 8.42 Å². The van der Waals surface area contributed by atoms with Gasteiger partial charge in [0.1, 0.15) is 0 Å². The van der Waals surface area contributed by atoms with Crippen LogP contribution in [0, 0.1) is 0 Å². The van der Waals surface area contributed by atoms with E-state index in [0.29, 0.717) is 5.92 Å². The topological polar surface area (TPSA) is 66.4 Å². The van der Waals surface area contributed by atoms with Crippen LogP contribution in [0.25, 0.3) is 0 Å². The quantitative estimate of drug-likeness (QED) is 0.877. The second-order valence-corrected chi connectivity index (χ2v) is 7.32. The Kier molecular flexibility index (Phi) is 5.18. The predicted octanol–water partition coefficient (Wildman–Crippen LogP) is 2.39. The highest BCUT2D eigenvalue weighted by atomic mass is 32.2. The Bertz CT molecular complexity index is 519. The lowest BCUT2D eigenvalue weighted by atomic mass is 9.84. The van der Waals surface area contributed by atoms with Crippen molar-refractivity contribution in [2.45, 2.75) is 55.9 Å². The lowest BCUT2D eigenvalue weighted by Crippen LogP contribution is -2.34. The van der Waals surface area contributed by atoms with Crippen LogP contribution in [0.2, 0.25) is 0 Å². The molecule has 5 heteroatoms. The molecule has 0 unspecified atom stereocenters.